The van der Waals surface area contributed by atoms with Crippen molar-refractivity contribution in [3.8, 4) is 0 Å². The van der Waals surface area contributed by atoms with Gasteiger partial charge in [0.1, 0.15) is 0 Å². The number of nitrogens with two attached hydrogens (primary N) is 1. The summed E-state index contributed by atoms with van der Waals surface area (Å²) in [5.74, 6) is 0.459. The molecule has 106 valence electrons. The van der Waals surface area contributed by atoms with Gasteiger partial charge in [-0.2, -0.15) is 0 Å². The molecular formula is C13H19ClN2O2S. The van der Waals surface area contributed by atoms with Gasteiger partial charge < -0.3 is 5.73 Å². The maximum atomic E-state index is 12.2. The second kappa shape index (κ2) is 5.69. The van der Waals surface area contributed by atoms with Crippen LogP contribution in [0.4, 0.5) is 5.69 Å². The van der Waals surface area contributed by atoms with Gasteiger partial charge in [0.05, 0.1) is 15.6 Å². The van der Waals surface area contributed by atoms with Crippen LogP contribution in [-0.2, 0) is 10.0 Å². The molecule has 0 saturated heterocycles. The second-order valence-corrected chi connectivity index (χ2v) is 7.29. The average molecular weight is 303 g/mol. The van der Waals surface area contributed by atoms with Crippen molar-refractivity contribution in [1.82, 2.24) is 4.72 Å². The van der Waals surface area contributed by atoms with Gasteiger partial charge in [0, 0.05) is 6.54 Å². The summed E-state index contributed by atoms with van der Waals surface area (Å²) in [4.78, 5) is 0.185. The van der Waals surface area contributed by atoms with Crippen LogP contribution in [0.25, 0.3) is 0 Å². The molecule has 3 N–H and O–H groups in total. The number of nitrogen functional groups attached to an aromatic ring is 1. The third kappa shape index (κ3) is 3.41. The van der Waals surface area contributed by atoms with Crippen molar-refractivity contribution in [3.63, 3.8) is 0 Å². The van der Waals surface area contributed by atoms with E-state index < -0.39 is 10.0 Å². The first-order valence-corrected chi connectivity index (χ1v) is 8.31. The van der Waals surface area contributed by atoms with E-state index in [1.165, 1.54) is 18.9 Å². The number of aryl methyl sites for hydroxylation is 1. The number of anilines is 1. The lowest BCUT2D eigenvalue weighted by Crippen LogP contribution is -2.28. The number of sulfonamides is 1. The smallest absolute Gasteiger partial charge is 0.240 e. The summed E-state index contributed by atoms with van der Waals surface area (Å²) in [5.41, 5.74) is 6.68. The second-order valence-electron chi connectivity index (χ2n) is 5.15. The summed E-state index contributed by atoms with van der Waals surface area (Å²) in [7, 11) is -3.50. The van der Waals surface area contributed by atoms with Gasteiger partial charge in [-0.05, 0) is 43.4 Å². The molecule has 0 radical (unpaired) electrons. The number of hydrogen-bond donors (Lipinski definition) is 2. The summed E-state index contributed by atoms with van der Waals surface area (Å²) in [5, 5.41) is 0.412. The molecule has 1 aromatic carbocycles. The lowest BCUT2D eigenvalue weighted by molar-refractivity contribution is 0.519. The monoisotopic (exact) mass is 302 g/mol. The first-order chi connectivity index (χ1) is 8.90. The van der Waals surface area contributed by atoms with Crippen LogP contribution in [-0.4, -0.2) is 15.0 Å². The van der Waals surface area contributed by atoms with Crippen LogP contribution < -0.4 is 10.5 Å². The van der Waals surface area contributed by atoms with Gasteiger partial charge in [-0.1, -0.05) is 24.4 Å². The molecule has 0 unspecified atom stereocenters. The molecule has 2 rings (SSSR count). The van der Waals surface area contributed by atoms with Gasteiger partial charge in [0.25, 0.3) is 0 Å². The molecule has 4 nitrogen and oxygen atoms in total. The van der Waals surface area contributed by atoms with Crippen molar-refractivity contribution in [3.05, 3.63) is 22.7 Å². The molecule has 1 aliphatic rings. The van der Waals surface area contributed by atoms with Gasteiger partial charge in [-0.15, -0.1) is 0 Å². The summed E-state index contributed by atoms with van der Waals surface area (Å²) in [6.07, 6.45) is 4.59. The fourth-order valence-corrected chi connectivity index (χ4v) is 3.79. The van der Waals surface area contributed by atoms with Gasteiger partial charge in [0.15, 0.2) is 0 Å². The molecule has 0 amide bonds. The Morgan fingerprint density at radius 1 is 1.37 bits per heavy atom. The van der Waals surface area contributed by atoms with Gasteiger partial charge >= 0.3 is 0 Å². The van der Waals surface area contributed by atoms with E-state index in [9.17, 15) is 8.42 Å². The summed E-state index contributed by atoms with van der Waals surface area (Å²) in [6.45, 7) is 2.25. The highest BCUT2D eigenvalue weighted by atomic mass is 35.5. The Labute approximate surface area is 119 Å². The fourth-order valence-electron chi connectivity index (χ4n) is 2.44. The third-order valence-corrected chi connectivity index (χ3v) is 5.52. The van der Waals surface area contributed by atoms with Crippen LogP contribution in [0.15, 0.2) is 17.0 Å². The Morgan fingerprint density at radius 2 is 2.00 bits per heavy atom. The zero-order valence-corrected chi connectivity index (χ0v) is 12.5. The Balaban J connectivity index is 2.14. The van der Waals surface area contributed by atoms with Crippen LogP contribution in [0.1, 0.15) is 31.2 Å². The summed E-state index contributed by atoms with van der Waals surface area (Å²) in [6, 6.07) is 2.96. The molecule has 0 heterocycles. The van der Waals surface area contributed by atoms with E-state index in [1.54, 1.807) is 13.0 Å². The Hall–Kier alpha value is -0.780. The van der Waals surface area contributed by atoms with Crippen LogP contribution >= 0.6 is 11.6 Å². The molecule has 1 fully saturated rings. The minimum absolute atomic E-state index is 0.185. The molecule has 1 aromatic rings. The predicted molar refractivity (Wildman–Crippen MR) is 77.7 cm³/mol. The topological polar surface area (TPSA) is 72.2 Å². The number of benzene rings is 1. The highest BCUT2D eigenvalue weighted by Crippen LogP contribution is 2.27. The van der Waals surface area contributed by atoms with Crippen LogP contribution in [0.5, 0.6) is 0 Å². The molecular weight excluding hydrogens is 284 g/mol. The minimum Gasteiger partial charge on any atom is -0.397 e. The number of halogens is 1. The molecule has 0 aromatic heterocycles. The van der Waals surface area contributed by atoms with Crippen molar-refractivity contribution in [2.75, 3.05) is 12.3 Å². The molecule has 0 aliphatic heterocycles. The minimum atomic E-state index is -3.50. The van der Waals surface area contributed by atoms with E-state index in [0.717, 1.165) is 12.8 Å². The maximum Gasteiger partial charge on any atom is 0.240 e. The molecule has 19 heavy (non-hydrogen) atoms. The molecule has 6 heteroatoms. The number of nitrogens with one attached hydrogen (secondary N) is 1. The fraction of sp³-hybridized carbons (Fsp3) is 0.538. The standard InChI is InChI=1S/C13H19ClN2O2S/c1-9-6-11(7-12(15)13(9)14)19(17,18)16-8-10-4-2-3-5-10/h6-7,10,16H,2-5,8,15H2,1H3. The van der Waals surface area contributed by atoms with Gasteiger partial charge in [-0.3, -0.25) is 0 Å². The number of hydrogen-bond acceptors (Lipinski definition) is 3. The lowest BCUT2D eigenvalue weighted by Gasteiger charge is -2.13. The van der Waals surface area contributed by atoms with E-state index in [4.69, 9.17) is 17.3 Å². The molecule has 0 bridgehead atoms. The quantitative estimate of drug-likeness (QED) is 0.840. The van der Waals surface area contributed by atoms with Crippen molar-refractivity contribution < 1.29 is 8.42 Å². The zero-order chi connectivity index (χ0) is 14.0. The molecule has 1 saturated carbocycles. The Bertz CT molecular complexity index is 543. The summed E-state index contributed by atoms with van der Waals surface area (Å²) < 4.78 is 27.1. The van der Waals surface area contributed by atoms with E-state index in [-0.39, 0.29) is 4.90 Å². The van der Waals surface area contributed by atoms with Crippen molar-refractivity contribution >= 4 is 27.3 Å². The first kappa shape index (κ1) is 14.6. The summed E-state index contributed by atoms with van der Waals surface area (Å²) >= 11 is 5.94. The number of rotatable bonds is 4. The van der Waals surface area contributed by atoms with Crippen LogP contribution in [0, 0.1) is 12.8 Å². The predicted octanol–water partition coefficient (Wildman–Crippen LogP) is 2.70. The Morgan fingerprint density at radius 3 is 2.58 bits per heavy atom. The van der Waals surface area contributed by atoms with Crippen LogP contribution in [0.3, 0.4) is 0 Å². The zero-order valence-electron chi connectivity index (χ0n) is 10.9. The highest BCUT2D eigenvalue weighted by molar-refractivity contribution is 7.89. The van der Waals surface area contributed by atoms with E-state index >= 15 is 0 Å². The lowest BCUT2D eigenvalue weighted by atomic mass is 10.1. The van der Waals surface area contributed by atoms with E-state index in [0.29, 0.717) is 28.7 Å². The van der Waals surface area contributed by atoms with Gasteiger partial charge in [0.2, 0.25) is 10.0 Å². The average Bonchev–Trinajstić information content (AvgIpc) is 2.86. The van der Waals surface area contributed by atoms with Crippen LogP contribution in [0.2, 0.25) is 5.02 Å². The van der Waals surface area contributed by atoms with Crippen molar-refractivity contribution in [1.29, 1.82) is 0 Å². The van der Waals surface area contributed by atoms with Crippen molar-refractivity contribution in [2.45, 2.75) is 37.5 Å². The van der Waals surface area contributed by atoms with E-state index in [2.05, 4.69) is 4.72 Å². The maximum absolute atomic E-state index is 12.2. The normalized spacial score (nSPS) is 16.9. The highest BCUT2D eigenvalue weighted by Gasteiger charge is 2.20. The third-order valence-electron chi connectivity index (χ3n) is 3.60. The molecule has 0 atom stereocenters. The largest absolute Gasteiger partial charge is 0.397 e. The van der Waals surface area contributed by atoms with Crippen molar-refractivity contribution in [2.24, 2.45) is 5.92 Å². The van der Waals surface area contributed by atoms with Gasteiger partial charge in [-0.25, -0.2) is 13.1 Å². The SMILES string of the molecule is Cc1cc(S(=O)(=O)NCC2CCCC2)cc(N)c1Cl. The molecule has 1 aliphatic carbocycles. The van der Waals surface area contributed by atoms with E-state index in [1.807, 2.05) is 0 Å². The Kier molecular flexibility index (Phi) is 4.38. The molecule has 0 spiro atoms. The first-order valence-electron chi connectivity index (χ1n) is 6.45.